The number of halogens is 2. The molecule has 1 nitrogen and oxygen atoms in total. The molecular weight excluding hydrogens is 231 g/mol. The Morgan fingerprint density at radius 1 is 1.40 bits per heavy atom. The second-order valence-corrected chi connectivity index (χ2v) is 5.16. The van der Waals surface area contributed by atoms with Crippen LogP contribution in [0.3, 0.4) is 0 Å². The summed E-state index contributed by atoms with van der Waals surface area (Å²) in [5.74, 6) is 0.270. The Morgan fingerprint density at radius 3 is 2.67 bits per heavy atom. The Labute approximate surface area is 99.4 Å². The van der Waals surface area contributed by atoms with Gasteiger partial charge >= 0.3 is 0 Å². The van der Waals surface area contributed by atoms with Crippen LogP contribution in [0.1, 0.15) is 25.3 Å². The summed E-state index contributed by atoms with van der Waals surface area (Å²) in [7, 11) is 0. The molecule has 0 amide bonds. The van der Waals surface area contributed by atoms with Gasteiger partial charge in [-0.1, -0.05) is 42.3 Å². The molecule has 0 radical (unpaired) electrons. The highest BCUT2D eigenvalue weighted by Gasteiger charge is 2.44. The van der Waals surface area contributed by atoms with Gasteiger partial charge in [-0.05, 0) is 24.5 Å². The molecule has 0 spiro atoms. The third kappa shape index (κ3) is 2.19. The van der Waals surface area contributed by atoms with E-state index in [1.807, 2.05) is 19.1 Å². The number of carbonyl (C=O) groups is 1. The van der Waals surface area contributed by atoms with Crippen molar-refractivity contribution < 1.29 is 4.79 Å². The predicted octanol–water partition coefficient (Wildman–Crippen LogP) is 3.91. The maximum Gasteiger partial charge on any atom is 0.143 e. The Kier molecular flexibility index (Phi) is 2.78. The van der Waals surface area contributed by atoms with Crippen LogP contribution in [-0.4, -0.2) is 5.78 Å². The largest absolute Gasteiger partial charge is 0.299 e. The Balaban J connectivity index is 2.17. The van der Waals surface area contributed by atoms with Crippen molar-refractivity contribution in [2.45, 2.75) is 26.2 Å². The molecule has 1 aliphatic carbocycles. The molecule has 1 aromatic carbocycles. The molecular formula is C12H12Cl2O. The molecule has 15 heavy (non-hydrogen) atoms. The van der Waals surface area contributed by atoms with Crippen molar-refractivity contribution in [2.75, 3.05) is 0 Å². The highest BCUT2D eigenvalue weighted by molar-refractivity contribution is 6.42. The van der Waals surface area contributed by atoms with Crippen molar-refractivity contribution in [1.29, 1.82) is 0 Å². The lowest BCUT2D eigenvalue weighted by Gasteiger charge is -2.08. The molecule has 80 valence electrons. The van der Waals surface area contributed by atoms with Crippen molar-refractivity contribution >= 4 is 29.0 Å². The van der Waals surface area contributed by atoms with Crippen molar-refractivity contribution in [2.24, 2.45) is 5.41 Å². The van der Waals surface area contributed by atoms with E-state index in [2.05, 4.69) is 0 Å². The second kappa shape index (κ2) is 3.80. The first-order valence-electron chi connectivity index (χ1n) is 4.99. The predicted molar refractivity (Wildman–Crippen MR) is 62.5 cm³/mol. The van der Waals surface area contributed by atoms with Gasteiger partial charge in [0.15, 0.2) is 0 Å². The van der Waals surface area contributed by atoms with E-state index in [0.717, 1.165) is 18.4 Å². The molecule has 1 fully saturated rings. The van der Waals surface area contributed by atoms with Crippen LogP contribution in [-0.2, 0) is 11.2 Å². The summed E-state index contributed by atoms with van der Waals surface area (Å²) < 4.78 is 0. The average Bonchev–Trinajstić information content (AvgIpc) is 2.93. The molecule has 0 N–H and O–H groups in total. The van der Waals surface area contributed by atoms with Gasteiger partial charge in [-0.3, -0.25) is 4.79 Å². The maximum absolute atomic E-state index is 11.9. The number of hydrogen-bond acceptors (Lipinski definition) is 1. The van der Waals surface area contributed by atoms with E-state index >= 15 is 0 Å². The van der Waals surface area contributed by atoms with Crippen LogP contribution >= 0.6 is 23.2 Å². The van der Waals surface area contributed by atoms with Crippen LogP contribution in [0.5, 0.6) is 0 Å². The summed E-state index contributed by atoms with van der Waals surface area (Å²) in [6.07, 6.45) is 2.41. The summed E-state index contributed by atoms with van der Waals surface area (Å²) in [6.45, 7) is 2.01. The molecule has 0 bridgehead atoms. The van der Waals surface area contributed by atoms with Gasteiger partial charge in [0, 0.05) is 11.8 Å². The molecule has 1 saturated carbocycles. The molecule has 1 aliphatic rings. The zero-order valence-corrected chi connectivity index (χ0v) is 10.0. The van der Waals surface area contributed by atoms with Gasteiger partial charge in [0.2, 0.25) is 0 Å². The first kappa shape index (κ1) is 11.0. The van der Waals surface area contributed by atoms with Crippen molar-refractivity contribution in [3.63, 3.8) is 0 Å². The quantitative estimate of drug-likeness (QED) is 0.786. The second-order valence-electron chi connectivity index (χ2n) is 4.37. The van der Waals surface area contributed by atoms with Gasteiger partial charge in [0.25, 0.3) is 0 Å². The van der Waals surface area contributed by atoms with Gasteiger partial charge in [-0.15, -0.1) is 0 Å². The molecule has 1 aromatic rings. The van der Waals surface area contributed by atoms with E-state index < -0.39 is 0 Å². The fourth-order valence-electron chi connectivity index (χ4n) is 1.54. The van der Waals surface area contributed by atoms with E-state index in [0.29, 0.717) is 16.5 Å². The smallest absolute Gasteiger partial charge is 0.143 e. The van der Waals surface area contributed by atoms with Crippen LogP contribution in [0.4, 0.5) is 0 Å². The lowest BCUT2D eigenvalue weighted by molar-refractivity contribution is -0.122. The van der Waals surface area contributed by atoms with E-state index in [4.69, 9.17) is 23.2 Å². The minimum absolute atomic E-state index is 0.0916. The standard InChI is InChI=1S/C12H12Cl2O/c1-12(5-6-12)10(15)7-8-3-2-4-9(13)11(8)14/h2-4H,5-7H2,1H3. The molecule has 0 aromatic heterocycles. The number of hydrogen-bond donors (Lipinski definition) is 0. The van der Waals surface area contributed by atoms with Crippen LogP contribution in [0.25, 0.3) is 0 Å². The average molecular weight is 243 g/mol. The molecule has 0 saturated heterocycles. The summed E-state index contributed by atoms with van der Waals surface area (Å²) in [5.41, 5.74) is 0.744. The molecule has 0 heterocycles. The van der Waals surface area contributed by atoms with Gasteiger partial charge < -0.3 is 0 Å². The number of Topliss-reactive ketones (excluding diaryl/α,β-unsaturated/α-hetero) is 1. The fraction of sp³-hybridized carbons (Fsp3) is 0.417. The van der Waals surface area contributed by atoms with Crippen LogP contribution < -0.4 is 0 Å². The number of rotatable bonds is 3. The third-order valence-corrected chi connectivity index (χ3v) is 3.91. The van der Waals surface area contributed by atoms with Gasteiger partial charge in [-0.25, -0.2) is 0 Å². The SMILES string of the molecule is CC1(C(=O)Cc2cccc(Cl)c2Cl)CC1. The van der Waals surface area contributed by atoms with Crippen LogP contribution in [0, 0.1) is 5.41 Å². The topological polar surface area (TPSA) is 17.1 Å². The number of carbonyl (C=O) groups excluding carboxylic acids is 1. The summed E-state index contributed by atoms with van der Waals surface area (Å²) in [5, 5.41) is 1.03. The zero-order chi connectivity index (χ0) is 11.1. The summed E-state index contributed by atoms with van der Waals surface area (Å²) in [4.78, 5) is 11.9. The molecule has 0 aliphatic heterocycles. The minimum atomic E-state index is -0.0916. The Morgan fingerprint density at radius 2 is 2.07 bits per heavy atom. The van der Waals surface area contributed by atoms with Gasteiger partial charge in [0.05, 0.1) is 10.0 Å². The molecule has 2 rings (SSSR count). The third-order valence-electron chi connectivity index (χ3n) is 3.06. The minimum Gasteiger partial charge on any atom is -0.299 e. The highest BCUT2D eigenvalue weighted by atomic mass is 35.5. The normalized spacial score (nSPS) is 17.5. The Hall–Kier alpha value is -0.530. The first-order valence-corrected chi connectivity index (χ1v) is 5.75. The van der Waals surface area contributed by atoms with Crippen molar-refractivity contribution in [1.82, 2.24) is 0 Å². The van der Waals surface area contributed by atoms with E-state index in [1.54, 1.807) is 6.07 Å². The zero-order valence-electron chi connectivity index (χ0n) is 8.52. The van der Waals surface area contributed by atoms with Crippen LogP contribution in [0.2, 0.25) is 10.0 Å². The van der Waals surface area contributed by atoms with E-state index in [9.17, 15) is 4.79 Å². The lowest BCUT2D eigenvalue weighted by atomic mass is 9.97. The summed E-state index contributed by atoms with van der Waals surface area (Å²) in [6, 6.07) is 5.42. The number of benzene rings is 1. The van der Waals surface area contributed by atoms with Gasteiger partial charge in [0.1, 0.15) is 5.78 Å². The molecule has 0 unspecified atom stereocenters. The van der Waals surface area contributed by atoms with E-state index in [-0.39, 0.29) is 11.2 Å². The summed E-state index contributed by atoms with van der Waals surface area (Å²) >= 11 is 11.9. The Bertz CT molecular complexity index is 408. The maximum atomic E-state index is 11.9. The number of ketones is 1. The molecule has 0 atom stereocenters. The lowest BCUT2D eigenvalue weighted by Crippen LogP contribution is -2.14. The first-order chi connectivity index (χ1) is 7.03. The monoisotopic (exact) mass is 242 g/mol. The van der Waals surface area contributed by atoms with Crippen molar-refractivity contribution in [3.05, 3.63) is 33.8 Å². The van der Waals surface area contributed by atoms with Gasteiger partial charge in [-0.2, -0.15) is 0 Å². The highest BCUT2D eigenvalue weighted by Crippen LogP contribution is 2.46. The molecule has 3 heteroatoms. The van der Waals surface area contributed by atoms with E-state index in [1.165, 1.54) is 0 Å². The van der Waals surface area contributed by atoms with Crippen LogP contribution in [0.15, 0.2) is 18.2 Å². The fourth-order valence-corrected chi connectivity index (χ4v) is 1.92. The van der Waals surface area contributed by atoms with Crippen molar-refractivity contribution in [3.8, 4) is 0 Å².